The van der Waals surface area contributed by atoms with Gasteiger partial charge in [0.15, 0.2) is 0 Å². The Morgan fingerprint density at radius 2 is 1.85 bits per heavy atom. The maximum atomic E-state index is 12.9. The normalized spacial score (nSPS) is 15.0. The Bertz CT molecular complexity index is 787. The SMILES string of the molecule is O=C(Nc1ccc(Cl)c(C(F)(F)F)c1)c1ccc(N2CCCCC2)nc1. The number of nitrogens with one attached hydrogen (secondary N) is 1. The number of anilines is 2. The standard InChI is InChI=1S/C18H17ClF3N3O/c19-15-6-5-13(10-14(15)18(20,21)22)24-17(26)12-4-7-16(23-11-12)25-8-2-1-3-9-25/h4-7,10-11H,1-3,8-9H2,(H,24,26). The summed E-state index contributed by atoms with van der Waals surface area (Å²) in [6.45, 7) is 1.87. The highest BCUT2D eigenvalue weighted by molar-refractivity contribution is 6.31. The van der Waals surface area contributed by atoms with E-state index >= 15 is 0 Å². The van der Waals surface area contributed by atoms with Gasteiger partial charge in [0.05, 0.1) is 16.1 Å². The molecule has 1 aromatic heterocycles. The van der Waals surface area contributed by atoms with E-state index in [1.165, 1.54) is 18.7 Å². The summed E-state index contributed by atoms with van der Waals surface area (Å²) in [5.74, 6) is 0.269. The van der Waals surface area contributed by atoms with Gasteiger partial charge in [-0.15, -0.1) is 0 Å². The largest absolute Gasteiger partial charge is 0.417 e. The molecule has 1 aliphatic rings. The van der Waals surface area contributed by atoms with Gasteiger partial charge in [-0.25, -0.2) is 4.98 Å². The van der Waals surface area contributed by atoms with Gasteiger partial charge in [0.2, 0.25) is 0 Å². The van der Waals surface area contributed by atoms with Crippen molar-refractivity contribution >= 4 is 29.0 Å². The predicted octanol–water partition coefficient (Wildman–Crippen LogP) is 5.00. The van der Waals surface area contributed by atoms with Gasteiger partial charge in [0, 0.05) is 25.0 Å². The van der Waals surface area contributed by atoms with Crippen LogP contribution in [0.2, 0.25) is 5.02 Å². The third-order valence-electron chi connectivity index (χ3n) is 4.22. The average molecular weight is 384 g/mol. The topological polar surface area (TPSA) is 45.2 Å². The molecule has 8 heteroatoms. The second-order valence-corrected chi connectivity index (χ2v) is 6.51. The van der Waals surface area contributed by atoms with Gasteiger partial charge in [-0.2, -0.15) is 13.2 Å². The van der Waals surface area contributed by atoms with Crippen molar-refractivity contribution in [2.75, 3.05) is 23.3 Å². The molecular formula is C18H17ClF3N3O. The Hall–Kier alpha value is -2.28. The molecule has 2 heterocycles. The van der Waals surface area contributed by atoms with Crippen LogP contribution in [0.25, 0.3) is 0 Å². The molecule has 0 saturated carbocycles. The molecule has 0 radical (unpaired) electrons. The van der Waals surface area contributed by atoms with Crippen LogP contribution in [0.15, 0.2) is 36.5 Å². The summed E-state index contributed by atoms with van der Waals surface area (Å²) >= 11 is 5.58. The molecule has 1 fully saturated rings. The fourth-order valence-corrected chi connectivity index (χ4v) is 3.08. The minimum Gasteiger partial charge on any atom is -0.357 e. The lowest BCUT2D eigenvalue weighted by molar-refractivity contribution is -0.137. The van der Waals surface area contributed by atoms with E-state index in [4.69, 9.17) is 11.6 Å². The van der Waals surface area contributed by atoms with Gasteiger partial charge in [-0.3, -0.25) is 4.79 Å². The second-order valence-electron chi connectivity index (χ2n) is 6.10. The summed E-state index contributed by atoms with van der Waals surface area (Å²) in [5, 5.41) is 2.03. The number of nitrogens with zero attached hydrogens (tertiary/aromatic N) is 2. The molecule has 1 N–H and O–H groups in total. The van der Waals surface area contributed by atoms with Crippen molar-refractivity contribution in [3.8, 4) is 0 Å². The van der Waals surface area contributed by atoms with Crippen LogP contribution >= 0.6 is 11.6 Å². The van der Waals surface area contributed by atoms with Crippen LogP contribution in [-0.2, 0) is 6.18 Å². The second kappa shape index (κ2) is 7.53. The van der Waals surface area contributed by atoms with E-state index in [-0.39, 0.29) is 11.3 Å². The van der Waals surface area contributed by atoms with E-state index in [0.717, 1.165) is 43.9 Å². The first-order valence-corrected chi connectivity index (χ1v) is 8.61. The number of benzene rings is 1. The molecular weight excluding hydrogens is 367 g/mol. The summed E-state index contributed by atoms with van der Waals surface area (Å²) in [7, 11) is 0. The molecule has 1 amide bonds. The van der Waals surface area contributed by atoms with E-state index in [1.54, 1.807) is 12.1 Å². The number of amides is 1. The summed E-state index contributed by atoms with van der Waals surface area (Å²) in [4.78, 5) is 18.7. The molecule has 1 saturated heterocycles. The summed E-state index contributed by atoms with van der Waals surface area (Å²) in [6, 6.07) is 6.62. The maximum absolute atomic E-state index is 12.9. The third-order valence-corrected chi connectivity index (χ3v) is 4.55. The summed E-state index contributed by atoms with van der Waals surface area (Å²) in [6.07, 6.45) is 0.275. The lowest BCUT2D eigenvalue weighted by Gasteiger charge is -2.27. The van der Waals surface area contributed by atoms with Crippen molar-refractivity contribution in [1.82, 2.24) is 4.98 Å². The van der Waals surface area contributed by atoms with Gasteiger partial charge >= 0.3 is 6.18 Å². The minimum atomic E-state index is -4.59. The Kier molecular flexibility index (Phi) is 5.36. The Morgan fingerprint density at radius 1 is 1.12 bits per heavy atom. The van der Waals surface area contributed by atoms with Crippen molar-refractivity contribution in [2.24, 2.45) is 0 Å². The fourth-order valence-electron chi connectivity index (χ4n) is 2.85. The third kappa shape index (κ3) is 4.27. The molecule has 1 aliphatic heterocycles. The number of carbonyl (C=O) groups excluding carboxylic acids is 1. The molecule has 26 heavy (non-hydrogen) atoms. The number of carbonyl (C=O) groups is 1. The summed E-state index contributed by atoms with van der Waals surface area (Å²) in [5.41, 5.74) is -0.698. The first kappa shape index (κ1) is 18.5. The van der Waals surface area contributed by atoms with E-state index < -0.39 is 22.7 Å². The number of rotatable bonds is 3. The minimum absolute atomic E-state index is 0.0202. The zero-order valence-corrected chi connectivity index (χ0v) is 14.6. The molecule has 1 aromatic carbocycles. The Labute approximate surface area is 154 Å². The average Bonchev–Trinajstić information content (AvgIpc) is 2.63. The molecule has 138 valence electrons. The van der Waals surface area contributed by atoms with Crippen LogP contribution < -0.4 is 10.2 Å². The Balaban J connectivity index is 1.72. The number of pyridine rings is 1. The zero-order chi connectivity index (χ0) is 18.7. The number of halogens is 4. The van der Waals surface area contributed by atoms with E-state index in [0.29, 0.717) is 0 Å². The first-order valence-electron chi connectivity index (χ1n) is 8.24. The number of hydrogen-bond acceptors (Lipinski definition) is 3. The molecule has 0 atom stereocenters. The highest BCUT2D eigenvalue weighted by atomic mass is 35.5. The lowest BCUT2D eigenvalue weighted by atomic mass is 10.1. The molecule has 0 unspecified atom stereocenters. The zero-order valence-electron chi connectivity index (χ0n) is 13.8. The van der Waals surface area contributed by atoms with Crippen LogP contribution in [0.1, 0.15) is 35.2 Å². The van der Waals surface area contributed by atoms with Crippen LogP contribution in [0.5, 0.6) is 0 Å². The number of hydrogen-bond donors (Lipinski definition) is 1. The monoisotopic (exact) mass is 383 g/mol. The molecule has 0 aliphatic carbocycles. The molecule has 0 spiro atoms. The van der Waals surface area contributed by atoms with Gasteiger partial charge in [0.25, 0.3) is 5.91 Å². The van der Waals surface area contributed by atoms with Crippen molar-refractivity contribution < 1.29 is 18.0 Å². The van der Waals surface area contributed by atoms with Crippen LogP contribution in [0.4, 0.5) is 24.7 Å². The highest BCUT2D eigenvalue weighted by Crippen LogP contribution is 2.36. The van der Waals surface area contributed by atoms with Crippen LogP contribution in [0.3, 0.4) is 0 Å². The quantitative estimate of drug-likeness (QED) is 0.811. The molecule has 3 rings (SSSR count). The van der Waals surface area contributed by atoms with E-state index in [1.807, 2.05) is 0 Å². The number of piperidine rings is 1. The first-order chi connectivity index (χ1) is 12.3. The maximum Gasteiger partial charge on any atom is 0.417 e. The van der Waals surface area contributed by atoms with Crippen LogP contribution in [0, 0.1) is 0 Å². The number of aromatic nitrogens is 1. The number of alkyl halides is 3. The van der Waals surface area contributed by atoms with E-state index in [2.05, 4.69) is 15.2 Å². The Morgan fingerprint density at radius 3 is 2.46 bits per heavy atom. The van der Waals surface area contributed by atoms with Crippen molar-refractivity contribution in [3.63, 3.8) is 0 Å². The lowest BCUT2D eigenvalue weighted by Crippen LogP contribution is -2.30. The van der Waals surface area contributed by atoms with Crippen LogP contribution in [-0.4, -0.2) is 24.0 Å². The summed E-state index contributed by atoms with van der Waals surface area (Å²) < 4.78 is 38.7. The van der Waals surface area contributed by atoms with Gasteiger partial charge in [-0.1, -0.05) is 11.6 Å². The van der Waals surface area contributed by atoms with Crippen molar-refractivity contribution in [1.29, 1.82) is 0 Å². The molecule has 0 bridgehead atoms. The fraction of sp³-hybridized carbons (Fsp3) is 0.333. The van der Waals surface area contributed by atoms with Gasteiger partial charge in [0.1, 0.15) is 5.82 Å². The predicted molar refractivity (Wildman–Crippen MR) is 94.7 cm³/mol. The van der Waals surface area contributed by atoms with Crippen molar-refractivity contribution in [3.05, 3.63) is 52.7 Å². The molecule has 2 aromatic rings. The van der Waals surface area contributed by atoms with E-state index in [9.17, 15) is 18.0 Å². The molecule has 4 nitrogen and oxygen atoms in total. The van der Waals surface area contributed by atoms with Gasteiger partial charge < -0.3 is 10.2 Å². The smallest absolute Gasteiger partial charge is 0.357 e. The van der Waals surface area contributed by atoms with Gasteiger partial charge in [-0.05, 0) is 49.6 Å². The van der Waals surface area contributed by atoms with Crippen molar-refractivity contribution in [2.45, 2.75) is 25.4 Å². The highest BCUT2D eigenvalue weighted by Gasteiger charge is 2.33.